The summed E-state index contributed by atoms with van der Waals surface area (Å²) in [5, 5.41) is 20.8. The first-order valence-corrected chi connectivity index (χ1v) is 16.7. The van der Waals surface area contributed by atoms with Crippen LogP contribution in [0.5, 0.6) is 5.75 Å². The van der Waals surface area contributed by atoms with Gasteiger partial charge in [0, 0.05) is 13.1 Å². The van der Waals surface area contributed by atoms with Crippen molar-refractivity contribution >= 4 is 27.8 Å². The Labute approximate surface area is 274 Å². The van der Waals surface area contributed by atoms with Crippen molar-refractivity contribution in [3.05, 3.63) is 132 Å². The number of carboxylic acids is 1. The monoisotopic (exact) mass is 639 g/mol. The molecule has 0 amide bonds. The van der Waals surface area contributed by atoms with Crippen molar-refractivity contribution in [2.75, 3.05) is 20.2 Å². The Morgan fingerprint density at radius 3 is 2.33 bits per heavy atom. The van der Waals surface area contributed by atoms with E-state index in [2.05, 4.69) is 53.5 Å². The zero-order valence-corrected chi connectivity index (χ0v) is 27.3. The van der Waals surface area contributed by atoms with Gasteiger partial charge in [-0.15, -0.1) is 0 Å². The molecule has 46 heavy (non-hydrogen) atoms. The van der Waals surface area contributed by atoms with Gasteiger partial charge in [-0.1, -0.05) is 84.8 Å². The van der Waals surface area contributed by atoms with Crippen molar-refractivity contribution in [1.29, 1.82) is 5.41 Å². The lowest BCUT2D eigenvalue weighted by Gasteiger charge is -2.31. The van der Waals surface area contributed by atoms with Crippen LogP contribution in [-0.4, -0.2) is 51.7 Å². The van der Waals surface area contributed by atoms with Crippen LogP contribution in [0.3, 0.4) is 0 Å². The summed E-state index contributed by atoms with van der Waals surface area (Å²) >= 11 is 0. The summed E-state index contributed by atoms with van der Waals surface area (Å²) in [4.78, 5) is 14.2. The molecule has 2 N–H and O–H groups in total. The first-order chi connectivity index (χ1) is 22.3. The lowest BCUT2D eigenvalue weighted by Crippen LogP contribution is -2.35. The van der Waals surface area contributed by atoms with E-state index in [1.807, 2.05) is 36.4 Å². The van der Waals surface area contributed by atoms with E-state index in [4.69, 9.17) is 10.1 Å². The van der Waals surface area contributed by atoms with E-state index >= 15 is 0 Å². The zero-order chi connectivity index (χ0) is 32.9. The Morgan fingerprint density at radius 2 is 1.67 bits per heavy atom. The molecule has 4 rings (SSSR count). The molecule has 1 unspecified atom stereocenters. The highest BCUT2D eigenvalue weighted by Crippen LogP contribution is 2.41. The summed E-state index contributed by atoms with van der Waals surface area (Å²) in [6.45, 7) is 7.52. The lowest BCUT2D eigenvalue weighted by atomic mass is 10.0. The highest BCUT2D eigenvalue weighted by atomic mass is 32.2. The average molecular weight is 640 g/mol. The van der Waals surface area contributed by atoms with Gasteiger partial charge in [0.15, 0.2) is 0 Å². The summed E-state index contributed by atoms with van der Waals surface area (Å²) in [7, 11) is 1.12. The molecule has 8 heteroatoms. The number of aromatic carboxylic acids is 1. The van der Waals surface area contributed by atoms with Gasteiger partial charge in [-0.2, -0.15) is 0 Å². The van der Waals surface area contributed by atoms with Crippen LogP contribution in [0.1, 0.15) is 47.7 Å². The second-order valence-corrected chi connectivity index (χ2v) is 12.7. The number of nitrogens with one attached hydrogen (secondary N) is 1. The van der Waals surface area contributed by atoms with Gasteiger partial charge in [0.2, 0.25) is 0 Å². The van der Waals surface area contributed by atoms with Crippen molar-refractivity contribution in [2.24, 2.45) is 0 Å². The summed E-state index contributed by atoms with van der Waals surface area (Å²) in [6, 6.07) is 29.8. The van der Waals surface area contributed by atoms with Crippen LogP contribution in [0.25, 0.3) is 11.1 Å². The minimum atomic E-state index is -0.961. The molecule has 0 fully saturated rings. The van der Waals surface area contributed by atoms with Crippen molar-refractivity contribution in [3.8, 4) is 16.9 Å². The van der Waals surface area contributed by atoms with Gasteiger partial charge in [0.25, 0.3) is 0 Å². The van der Waals surface area contributed by atoms with Gasteiger partial charge in [-0.25, -0.2) is 13.5 Å². The first-order valence-electron chi connectivity index (χ1n) is 15.4. The average Bonchev–Trinajstić information content (AvgIpc) is 3.07. The fourth-order valence-corrected chi connectivity index (χ4v) is 7.36. The Bertz CT molecular complexity index is 1660. The van der Waals surface area contributed by atoms with Crippen LogP contribution in [0.15, 0.2) is 115 Å². The summed E-state index contributed by atoms with van der Waals surface area (Å²) in [6.07, 6.45) is 5.34. The van der Waals surface area contributed by atoms with E-state index in [0.717, 1.165) is 59.6 Å². The molecule has 0 spiro atoms. The fourth-order valence-electron chi connectivity index (χ4n) is 5.19. The minimum absolute atomic E-state index is 0.238. The number of ether oxygens (including phenoxy) is 1. The molecule has 240 valence electrons. The Balaban J connectivity index is 1.66. The van der Waals surface area contributed by atoms with Crippen LogP contribution >= 0.6 is 10.7 Å². The number of halogens is 1. The van der Waals surface area contributed by atoms with Gasteiger partial charge in [0.05, 0.1) is 24.1 Å². The normalized spacial score (nSPS) is 11.7. The van der Waals surface area contributed by atoms with Crippen molar-refractivity contribution in [2.45, 2.75) is 44.0 Å². The number of amidine groups is 1. The number of unbranched alkanes of at least 4 members (excludes halogenated alkanes) is 1. The maximum Gasteiger partial charge on any atom is 0.335 e. The minimum Gasteiger partial charge on any atom is -0.496 e. The van der Waals surface area contributed by atoms with Gasteiger partial charge in [0.1, 0.15) is 17.4 Å². The van der Waals surface area contributed by atoms with Crippen LogP contribution in [-0.2, 0) is 13.0 Å². The summed E-state index contributed by atoms with van der Waals surface area (Å²) in [5.41, 5.74) is 4.16. The van der Waals surface area contributed by atoms with Crippen molar-refractivity contribution in [3.63, 3.8) is 0 Å². The summed E-state index contributed by atoms with van der Waals surface area (Å²) < 4.78 is 22.1. The van der Waals surface area contributed by atoms with Crippen LogP contribution < -0.4 is 4.74 Å². The van der Waals surface area contributed by atoms with Gasteiger partial charge >= 0.3 is 5.97 Å². The predicted molar refractivity (Wildman–Crippen MR) is 188 cm³/mol. The Kier molecular flexibility index (Phi) is 12.9. The number of nitrogens with zero attached hydrogens (tertiary/aromatic N) is 2. The summed E-state index contributed by atoms with van der Waals surface area (Å²) in [5.74, 6) is -0.155. The number of rotatable bonds is 16. The molecule has 0 bridgehead atoms. The highest BCUT2D eigenvalue weighted by Gasteiger charge is 2.20. The van der Waals surface area contributed by atoms with Crippen molar-refractivity contribution < 1.29 is 19.0 Å². The zero-order valence-electron chi connectivity index (χ0n) is 26.5. The number of carbonyl (C=O) groups is 1. The second-order valence-electron chi connectivity index (χ2n) is 10.8. The molecule has 0 saturated carbocycles. The molecule has 4 aromatic carbocycles. The molecule has 1 atom stereocenters. The Morgan fingerprint density at radius 1 is 0.957 bits per heavy atom. The van der Waals surface area contributed by atoms with E-state index in [-0.39, 0.29) is 11.4 Å². The van der Waals surface area contributed by atoms with E-state index in [1.165, 1.54) is 17.7 Å². The lowest BCUT2D eigenvalue weighted by molar-refractivity contribution is 0.0697. The molecule has 0 heterocycles. The number of methoxy groups -OCH3 is 1. The van der Waals surface area contributed by atoms with Crippen molar-refractivity contribution in [1.82, 2.24) is 9.21 Å². The maximum absolute atomic E-state index is 13.9. The van der Waals surface area contributed by atoms with Crippen LogP contribution in [0.4, 0.5) is 4.39 Å². The molecular formula is C38H42FN3O3S. The van der Waals surface area contributed by atoms with E-state index in [0.29, 0.717) is 18.9 Å². The maximum atomic E-state index is 13.9. The molecule has 4 aromatic rings. The van der Waals surface area contributed by atoms with E-state index < -0.39 is 16.6 Å². The number of hydrogen-bond acceptors (Lipinski definition) is 4. The fraction of sp³-hybridized carbons (Fsp3) is 0.237. The molecule has 0 aliphatic heterocycles. The van der Waals surface area contributed by atoms with E-state index in [1.54, 1.807) is 36.4 Å². The highest BCUT2D eigenvalue weighted by molar-refractivity contribution is 8.13. The van der Waals surface area contributed by atoms with Gasteiger partial charge < -0.3 is 14.7 Å². The van der Waals surface area contributed by atoms with E-state index in [9.17, 15) is 14.3 Å². The molecular weight excluding hydrogens is 598 g/mol. The first kappa shape index (κ1) is 34.3. The second kappa shape index (κ2) is 17.2. The number of aryl methyl sites for hydroxylation is 1. The number of benzene rings is 4. The molecule has 0 saturated heterocycles. The van der Waals surface area contributed by atoms with Crippen LogP contribution in [0, 0.1) is 11.2 Å². The molecule has 0 aromatic heterocycles. The third-order valence-electron chi connectivity index (χ3n) is 7.56. The van der Waals surface area contributed by atoms with Gasteiger partial charge in [-0.3, -0.25) is 5.41 Å². The smallest absolute Gasteiger partial charge is 0.335 e. The molecule has 0 radical (unpaired) electrons. The number of carboxylic acid groups (broad SMARTS) is 1. The standard InChI is InChI=1S/C38H42FN3O3S/c1-4-24-46(36-26-33(21-22-35(36)45-3)31-17-19-32(20-18-31)38(43)44)42(23-10-9-14-29-12-7-6-8-13-29)28-37(40)41(5-2)27-30-15-11-16-34(39)25-30/h5-8,11-13,15-22,24-26,40H,2,4,9-10,14,23,27-28H2,1,3H3,(H,43,44). The largest absolute Gasteiger partial charge is 0.496 e. The third kappa shape index (κ3) is 9.49. The molecule has 0 aliphatic rings. The van der Waals surface area contributed by atoms with Gasteiger partial charge in [-0.05, 0) is 95.9 Å². The van der Waals surface area contributed by atoms with Crippen LogP contribution in [0.2, 0.25) is 0 Å². The number of hydrogen-bond donors (Lipinski definition) is 2. The SMILES string of the molecule is C=CN(Cc1cccc(F)c1)C(=N)CN(CCCCc1ccccc1)/S(=C\CC)c1cc(-c2ccc(C(=O)O)cc2)ccc1OC. The molecule has 6 nitrogen and oxygen atoms in total. The quantitative estimate of drug-likeness (QED) is 0.0554. The Hall–Kier alpha value is -4.53. The predicted octanol–water partition coefficient (Wildman–Crippen LogP) is 8.90. The molecule has 0 aliphatic carbocycles. The topological polar surface area (TPSA) is 76.9 Å². The third-order valence-corrected chi connectivity index (χ3v) is 9.84.